The molecule has 0 aromatic rings. The SMILES string of the molecule is CCCCCCCCOC(CCC(=O)OCCCBr)OCCCCCCCC. The molecule has 0 saturated carbocycles. The van der Waals surface area contributed by atoms with E-state index in [-0.39, 0.29) is 12.3 Å². The molecule has 0 unspecified atom stereocenters. The van der Waals surface area contributed by atoms with E-state index in [4.69, 9.17) is 14.2 Å². The van der Waals surface area contributed by atoms with Crippen molar-refractivity contribution in [2.24, 2.45) is 0 Å². The first-order valence-corrected chi connectivity index (χ1v) is 12.8. The number of rotatable bonds is 22. The van der Waals surface area contributed by atoms with Crippen molar-refractivity contribution in [3.63, 3.8) is 0 Å². The monoisotopic (exact) mass is 464 g/mol. The van der Waals surface area contributed by atoms with Gasteiger partial charge in [-0.25, -0.2) is 0 Å². The molecule has 0 aromatic carbocycles. The third-order valence-corrected chi connectivity index (χ3v) is 5.29. The lowest BCUT2D eigenvalue weighted by molar-refractivity contribution is -0.159. The molecule has 0 radical (unpaired) electrons. The molecule has 0 amide bonds. The Morgan fingerprint density at radius 2 is 1.21 bits per heavy atom. The second-order valence-corrected chi connectivity index (χ2v) is 8.30. The molecule has 0 aliphatic rings. The third kappa shape index (κ3) is 20.6. The molecule has 0 aromatic heterocycles. The smallest absolute Gasteiger partial charge is 0.305 e. The fraction of sp³-hybridized carbons (Fsp3) is 0.957. The van der Waals surface area contributed by atoms with Gasteiger partial charge in [0.25, 0.3) is 0 Å². The molecule has 4 nitrogen and oxygen atoms in total. The highest BCUT2D eigenvalue weighted by Crippen LogP contribution is 2.11. The van der Waals surface area contributed by atoms with Gasteiger partial charge in [0, 0.05) is 25.0 Å². The number of ether oxygens (including phenoxy) is 3. The zero-order valence-electron chi connectivity index (χ0n) is 18.5. The van der Waals surface area contributed by atoms with Gasteiger partial charge in [0.15, 0.2) is 6.29 Å². The Hall–Kier alpha value is -0.130. The molecule has 0 aliphatic heterocycles. The molecule has 168 valence electrons. The molecule has 0 saturated heterocycles. The number of carbonyl (C=O) groups excluding carboxylic acids is 1. The number of hydrogen-bond acceptors (Lipinski definition) is 4. The van der Waals surface area contributed by atoms with Gasteiger partial charge in [-0.2, -0.15) is 0 Å². The Morgan fingerprint density at radius 3 is 1.71 bits per heavy atom. The molecule has 0 rings (SSSR count). The van der Waals surface area contributed by atoms with Crippen LogP contribution < -0.4 is 0 Å². The van der Waals surface area contributed by atoms with Crippen molar-refractivity contribution >= 4 is 21.9 Å². The molecule has 0 heterocycles. The van der Waals surface area contributed by atoms with Gasteiger partial charge in [-0.15, -0.1) is 0 Å². The molecule has 5 heteroatoms. The first kappa shape index (κ1) is 27.9. The summed E-state index contributed by atoms with van der Waals surface area (Å²) in [6.45, 7) is 6.38. The van der Waals surface area contributed by atoms with Gasteiger partial charge in [0.1, 0.15) is 0 Å². The topological polar surface area (TPSA) is 44.8 Å². The van der Waals surface area contributed by atoms with E-state index in [0.717, 1.165) is 24.6 Å². The summed E-state index contributed by atoms with van der Waals surface area (Å²) >= 11 is 3.34. The summed E-state index contributed by atoms with van der Waals surface area (Å²) in [4.78, 5) is 11.8. The minimum absolute atomic E-state index is 0.155. The summed E-state index contributed by atoms with van der Waals surface area (Å²) in [5, 5.41) is 0.853. The summed E-state index contributed by atoms with van der Waals surface area (Å²) in [6.07, 6.45) is 16.4. The van der Waals surface area contributed by atoms with Crippen LogP contribution in [0.4, 0.5) is 0 Å². The van der Waals surface area contributed by atoms with Crippen LogP contribution >= 0.6 is 15.9 Å². The molecule has 28 heavy (non-hydrogen) atoms. The van der Waals surface area contributed by atoms with Crippen LogP contribution in [-0.2, 0) is 19.0 Å². The second-order valence-electron chi connectivity index (χ2n) is 7.51. The highest BCUT2D eigenvalue weighted by molar-refractivity contribution is 9.09. The fourth-order valence-corrected chi connectivity index (χ4v) is 3.19. The second kappa shape index (κ2) is 23.2. The Labute approximate surface area is 182 Å². The van der Waals surface area contributed by atoms with Crippen molar-refractivity contribution in [1.29, 1.82) is 0 Å². The number of unbranched alkanes of at least 4 members (excludes halogenated alkanes) is 10. The van der Waals surface area contributed by atoms with E-state index < -0.39 is 0 Å². The standard InChI is InChI=1S/C23H45BrO4/c1-3-5-7-9-11-13-19-27-23(17-16-22(25)26-21-15-18-24)28-20-14-12-10-8-6-4-2/h23H,3-21H2,1-2H3. The number of esters is 1. The van der Waals surface area contributed by atoms with Crippen LogP contribution in [0.2, 0.25) is 0 Å². The predicted octanol–water partition coefficient (Wildman–Crippen LogP) is 7.18. The van der Waals surface area contributed by atoms with E-state index in [1.807, 2.05) is 0 Å². The lowest BCUT2D eigenvalue weighted by atomic mass is 10.1. The minimum Gasteiger partial charge on any atom is -0.466 e. The van der Waals surface area contributed by atoms with Crippen LogP contribution in [0.25, 0.3) is 0 Å². The van der Waals surface area contributed by atoms with E-state index in [1.54, 1.807) is 0 Å². The van der Waals surface area contributed by atoms with Gasteiger partial charge in [-0.3, -0.25) is 4.79 Å². The Morgan fingerprint density at radius 1 is 0.714 bits per heavy atom. The number of hydrogen-bond donors (Lipinski definition) is 0. The molecule has 0 N–H and O–H groups in total. The predicted molar refractivity (Wildman–Crippen MR) is 121 cm³/mol. The van der Waals surface area contributed by atoms with Crippen molar-refractivity contribution in [3.05, 3.63) is 0 Å². The molecule has 0 atom stereocenters. The summed E-state index contributed by atoms with van der Waals surface area (Å²) in [6, 6.07) is 0. The summed E-state index contributed by atoms with van der Waals surface area (Å²) in [7, 11) is 0. The van der Waals surface area contributed by atoms with Crippen molar-refractivity contribution in [2.75, 3.05) is 25.2 Å². The maximum atomic E-state index is 11.8. The summed E-state index contributed by atoms with van der Waals surface area (Å²) in [5.74, 6) is -0.155. The van der Waals surface area contributed by atoms with Crippen LogP contribution in [0.15, 0.2) is 0 Å². The quantitative estimate of drug-likeness (QED) is 0.0736. The average molecular weight is 466 g/mol. The van der Waals surface area contributed by atoms with Crippen LogP contribution in [-0.4, -0.2) is 37.4 Å². The van der Waals surface area contributed by atoms with Crippen molar-refractivity contribution in [2.45, 2.75) is 116 Å². The van der Waals surface area contributed by atoms with Crippen molar-refractivity contribution < 1.29 is 19.0 Å². The Bertz CT molecular complexity index is 308. The van der Waals surface area contributed by atoms with E-state index >= 15 is 0 Å². The average Bonchev–Trinajstić information content (AvgIpc) is 2.70. The number of alkyl halides is 1. The summed E-state index contributed by atoms with van der Waals surface area (Å²) in [5.41, 5.74) is 0. The zero-order valence-corrected chi connectivity index (χ0v) is 20.1. The number of halogens is 1. The van der Waals surface area contributed by atoms with E-state index in [0.29, 0.717) is 32.7 Å². The number of carbonyl (C=O) groups is 1. The van der Waals surface area contributed by atoms with Gasteiger partial charge in [0.05, 0.1) is 13.0 Å². The van der Waals surface area contributed by atoms with Crippen LogP contribution in [0.1, 0.15) is 110 Å². The maximum Gasteiger partial charge on any atom is 0.305 e. The maximum absolute atomic E-state index is 11.8. The van der Waals surface area contributed by atoms with Gasteiger partial charge >= 0.3 is 5.97 Å². The zero-order chi connectivity index (χ0) is 20.7. The lowest BCUT2D eigenvalue weighted by Crippen LogP contribution is -2.21. The molecule has 0 spiro atoms. The van der Waals surface area contributed by atoms with Gasteiger partial charge in [-0.05, 0) is 19.3 Å². The van der Waals surface area contributed by atoms with Gasteiger partial charge < -0.3 is 14.2 Å². The molecule has 0 aliphatic carbocycles. The van der Waals surface area contributed by atoms with Crippen LogP contribution in [0.5, 0.6) is 0 Å². The van der Waals surface area contributed by atoms with Gasteiger partial charge in [-0.1, -0.05) is 94.0 Å². The Balaban J connectivity index is 3.96. The van der Waals surface area contributed by atoms with Crippen molar-refractivity contribution in [3.8, 4) is 0 Å². The molecular weight excluding hydrogens is 420 g/mol. The first-order valence-electron chi connectivity index (χ1n) is 11.7. The largest absolute Gasteiger partial charge is 0.466 e. The van der Waals surface area contributed by atoms with E-state index in [2.05, 4.69) is 29.8 Å². The normalized spacial score (nSPS) is 11.3. The summed E-state index contributed by atoms with van der Waals surface area (Å²) < 4.78 is 17.1. The highest BCUT2D eigenvalue weighted by atomic mass is 79.9. The molecular formula is C23H45BrO4. The van der Waals surface area contributed by atoms with Crippen molar-refractivity contribution in [1.82, 2.24) is 0 Å². The van der Waals surface area contributed by atoms with Crippen LogP contribution in [0.3, 0.4) is 0 Å². The Kier molecular flexibility index (Phi) is 23.0. The molecule has 0 fully saturated rings. The lowest BCUT2D eigenvalue weighted by Gasteiger charge is -2.18. The van der Waals surface area contributed by atoms with Crippen LogP contribution in [0, 0.1) is 0 Å². The third-order valence-electron chi connectivity index (χ3n) is 4.73. The first-order chi connectivity index (χ1) is 13.7. The minimum atomic E-state index is -0.282. The fourth-order valence-electron chi connectivity index (χ4n) is 2.96. The van der Waals surface area contributed by atoms with E-state index in [1.165, 1.54) is 64.2 Å². The van der Waals surface area contributed by atoms with Gasteiger partial charge in [0.2, 0.25) is 0 Å². The van der Waals surface area contributed by atoms with E-state index in [9.17, 15) is 4.79 Å². The highest BCUT2D eigenvalue weighted by Gasteiger charge is 2.13. The molecule has 0 bridgehead atoms.